The molecule has 2 aliphatic rings. The van der Waals surface area contributed by atoms with E-state index in [-0.39, 0.29) is 23.7 Å². The summed E-state index contributed by atoms with van der Waals surface area (Å²) in [4.78, 5) is 30.1. The number of hydrogen-bond acceptors (Lipinski definition) is 5. The average molecular weight is 285 g/mol. The summed E-state index contributed by atoms with van der Waals surface area (Å²) >= 11 is 0. The summed E-state index contributed by atoms with van der Waals surface area (Å²) in [6, 6.07) is 3.87. The fourth-order valence-electron chi connectivity index (χ4n) is 3.25. The molecule has 0 saturated carbocycles. The van der Waals surface area contributed by atoms with E-state index in [1.807, 2.05) is 26.0 Å². The van der Waals surface area contributed by atoms with Gasteiger partial charge in [0.2, 0.25) is 11.8 Å². The van der Waals surface area contributed by atoms with Gasteiger partial charge in [-0.25, -0.2) is 4.98 Å². The lowest BCUT2D eigenvalue weighted by Crippen LogP contribution is -2.32. The van der Waals surface area contributed by atoms with Crippen molar-refractivity contribution in [3.8, 4) is 0 Å². The molecule has 0 radical (unpaired) electrons. The highest BCUT2D eigenvalue weighted by Gasteiger charge is 2.48. The van der Waals surface area contributed by atoms with Gasteiger partial charge in [-0.05, 0) is 13.8 Å². The number of rotatable bonds is 1. The number of imide groups is 1. The Kier molecular flexibility index (Phi) is 2.36. The van der Waals surface area contributed by atoms with Crippen LogP contribution >= 0.6 is 0 Å². The number of hydrogen-bond donors (Lipinski definition) is 1. The van der Waals surface area contributed by atoms with Crippen molar-refractivity contribution in [3.05, 3.63) is 23.5 Å². The molecule has 7 nitrogen and oxygen atoms in total. The Hall–Kier alpha value is -2.44. The van der Waals surface area contributed by atoms with Crippen molar-refractivity contribution < 1.29 is 9.59 Å². The number of anilines is 1. The van der Waals surface area contributed by atoms with Crippen LogP contribution in [0.1, 0.15) is 11.4 Å². The number of aromatic nitrogens is 3. The monoisotopic (exact) mass is 285 g/mol. The van der Waals surface area contributed by atoms with Gasteiger partial charge in [0.15, 0.2) is 5.65 Å². The van der Waals surface area contributed by atoms with E-state index in [1.165, 1.54) is 0 Å². The summed E-state index contributed by atoms with van der Waals surface area (Å²) in [5, 5.41) is 6.86. The number of nitrogens with zero attached hydrogens (tertiary/aromatic N) is 4. The van der Waals surface area contributed by atoms with Crippen LogP contribution in [0.2, 0.25) is 0 Å². The van der Waals surface area contributed by atoms with Gasteiger partial charge in [-0.15, -0.1) is 0 Å². The van der Waals surface area contributed by atoms with E-state index >= 15 is 0 Å². The molecule has 2 unspecified atom stereocenters. The van der Waals surface area contributed by atoms with Crippen molar-refractivity contribution in [2.75, 3.05) is 18.0 Å². The first-order chi connectivity index (χ1) is 10.0. The van der Waals surface area contributed by atoms with Crippen molar-refractivity contribution in [1.82, 2.24) is 19.9 Å². The van der Waals surface area contributed by atoms with Crippen LogP contribution in [0.3, 0.4) is 0 Å². The highest BCUT2D eigenvalue weighted by atomic mass is 16.2. The molecule has 0 aromatic carbocycles. The molecule has 7 heteroatoms. The van der Waals surface area contributed by atoms with E-state index in [0.717, 1.165) is 22.9 Å². The van der Waals surface area contributed by atoms with Gasteiger partial charge in [0.1, 0.15) is 5.82 Å². The van der Waals surface area contributed by atoms with Crippen LogP contribution in [0.5, 0.6) is 0 Å². The quantitative estimate of drug-likeness (QED) is 0.749. The molecule has 2 aliphatic heterocycles. The van der Waals surface area contributed by atoms with Crippen LogP contribution in [0.25, 0.3) is 5.65 Å². The summed E-state index contributed by atoms with van der Waals surface area (Å²) in [7, 11) is 0. The Balaban J connectivity index is 1.78. The standard InChI is InChI=1S/C14H15N5O2/c1-7-4-12(19-11(15-7)3-8(2)17-19)18-5-9-10(6-18)14(21)16-13(9)20/h3-4,9-10H,5-6H2,1-2H3,(H,16,20,21). The van der Waals surface area contributed by atoms with E-state index in [1.54, 1.807) is 4.52 Å². The second-order valence-electron chi connectivity index (χ2n) is 5.78. The van der Waals surface area contributed by atoms with Gasteiger partial charge in [0.05, 0.1) is 17.5 Å². The molecule has 1 N–H and O–H groups in total. The number of carbonyl (C=O) groups is 2. The first-order valence-corrected chi connectivity index (χ1v) is 6.96. The molecule has 2 atom stereocenters. The summed E-state index contributed by atoms with van der Waals surface area (Å²) in [6.45, 7) is 4.93. The van der Waals surface area contributed by atoms with Crippen LogP contribution in [0.15, 0.2) is 12.1 Å². The molecule has 0 aliphatic carbocycles. The summed E-state index contributed by atoms with van der Waals surface area (Å²) in [5.41, 5.74) is 2.57. The lowest BCUT2D eigenvalue weighted by atomic mass is 10.00. The third kappa shape index (κ3) is 1.73. The Morgan fingerprint density at radius 1 is 1.10 bits per heavy atom. The van der Waals surface area contributed by atoms with Crippen molar-refractivity contribution >= 4 is 23.3 Å². The van der Waals surface area contributed by atoms with Gasteiger partial charge in [-0.3, -0.25) is 14.9 Å². The third-order valence-electron chi connectivity index (χ3n) is 4.22. The van der Waals surface area contributed by atoms with E-state index < -0.39 is 0 Å². The first-order valence-electron chi connectivity index (χ1n) is 6.96. The second-order valence-corrected chi connectivity index (χ2v) is 5.78. The van der Waals surface area contributed by atoms with Crippen molar-refractivity contribution in [3.63, 3.8) is 0 Å². The summed E-state index contributed by atoms with van der Waals surface area (Å²) < 4.78 is 1.78. The van der Waals surface area contributed by atoms with Crippen molar-refractivity contribution in [2.45, 2.75) is 13.8 Å². The Labute approximate surface area is 120 Å². The van der Waals surface area contributed by atoms with E-state index in [0.29, 0.717) is 13.1 Å². The largest absolute Gasteiger partial charge is 0.355 e. The molecule has 2 fully saturated rings. The number of nitrogens with one attached hydrogen (secondary N) is 1. The van der Waals surface area contributed by atoms with Crippen molar-refractivity contribution in [1.29, 1.82) is 0 Å². The Morgan fingerprint density at radius 3 is 2.43 bits per heavy atom. The zero-order chi connectivity index (χ0) is 14.7. The van der Waals surface area contributed by atoms with Gasteiger partial charge >= 0.3 is 0 Å². The average Bonchev–Trinajstić information content (AvgIpc) is 3.05. The third-order valence-corrected chi connectivity index (χ3v) is 4.22. The first kappa shape index (κ1) is 12.3. The minimum absolute atomic E-state index is 0.161. The van der Waals surface area contributed by atoms with Crippen LogP contribution in [-0.4, -0.2) is 39.5 Å². The van der Waals surface area contributed by atoms with Crippen LogP contribution in [0.4, 0.5) is 5.82 Å². The fourth-order valence-corrected chi connectivity index (χ4v) is 3.25. The lowest BCUT2D eigenvalue weighted by molar-refractivity contribution is -0.126. The predicted molar refractivity (Wildman–Crippen MR) is 74.8 cm³/mol. The topological polar surface area (TPSA) is 79.6 Å². The summed E-state index contributed by atoms with van der Waals surface area (Å²) in [5.74, 6) is 0.0632. The summed E-state index contributed by atoms with van der Waals surface area (Å²) in [6.07, 6.45) is 0. The maximum absolute atomic E-state index is 11.8. The SMILES string of the molecule is Cc1cc(N2CC3C(=O)NC(=O)C3C2)n2nc(C)cc2n1. The minimum Gasteiger partial charge on any atom is -0.355 e. The predicted octanol–water partition coefficient (Wildman–Crippen LogP) is 0.0549. The zero-order valence-corrected chi connectivity index (χ0v) is 11.8. The molecular weight excluding hydrogens is 270 g/mol. The lowest BCUT2D eigenvalue weighted by Gasteiger charge is -2.20. The molecule has 4 rings (SSSR count). The molecule has 108 valence electrons. The normalized spacial score (nSPS) is 24.8. The molecule has 2 aromatic heterocycles. The van der Waals surface area contributed by atoms with E-state index in [4.69, 9.17) is 0 Å². The number of fused-ring (bicyclic) bond motifs is 2. The zero-order valence-electron chi connectivity index (χ0n) is 11.8. The van der Waals surface area contributed by atoms with Gasteiger partial charge in [0.25, 0.3) is 0 Å². The molecule has 0 spiro atoms. The van der Waals surface area contributed by atoms with E-state index in [2.05, 4.69) is 20.3 Å². The van der Waals surface area contributed by atoms with E-state index in [9.17, 15) is 9.59 Å². The molecule has 2 amide bonds. The number of carbonyl (C=O) groups excluding carboxylic acids is 2. The number of aryl methyl sites for hydroxylation is 2. The Bertz CT molecular complexity index is 759. The highest BCUT2D eigenvalue weighted by molar-refractivity contribution is 6.06. The molecule has 0 bridgehead atoms. The van der Waals surface area contributed by atoms with Crippen LogP contribution < -0.4 is 10.2 Å². The van der Waals surface area contributed by atoms with Gasteiger partial charge < -0.3 is 4.90 Å². The van der Waals surface area contributed by atoms with Crippen LogP contribution in [-0.2, 0) is 9.59 Å². The molecule has 2 saturated heterocycles. The molecule has 21 heavy (non-hydrogen) atoms. The molecule has 2 aromatic rings. The maximum atomic E-state index is 11.8. The molecular formula is C14H15N5O2. The Morgan fingerprint density at radius 2 is 1.76 bits per heavy atom. The second kappa shape index (κ2) is 4.03. The van der Waals surface area contributed by atoms with Crippen molar-refractivity contribution in [2.24, 2.45) is 11.8 Å². The fraction of sp³-hybridized carbons (Fsp3) is 0.429. The molecule has 4 heterocycles. The van der Waals surface area contributed by atoms with Gasteiger partial charge in [-0.1, -0.05) is 0 Å². The van der Waals surface area contributed by atoms with Gasteiger partial charge in [0, 0.05) is 30.9 Å². The number of amides is 2. The smallest absolute Gasteiger partial charge is 0.232 e. The van der Waals surface area contributed by atoms with Gasteiger partial charge in [-0.2, -0.15) is 9.61 Å². The highest BCUT2D eigenvalue weighted by Crippen LogP contribution is 2.32. The maximum Gasteiger partial charge on any atom is 0.232 e. The minimum atomic E-state index is -0.252. The van der Waals surface area contributed by atoms with Crippen LogP contribution in [0, 0.1) is 25.7 Å².